The predicted octanol–water partition coefficient (Wildman–Crippen LogP) is 3.85. The Kier molecular flexibility index (Phi) is 7.85. The summed E-state index contributed by atoms with van der Waals surface area (Å²) in [5.41, 5.74) is 8.13. The van der Waals surface area contributed by atoms with Crippen molar-refractivity contribution in [1.82, 2.24) is 0 Å². The predicted molar refractivity (Wildman–Crippen MR) is 137 cm³/mol. The van der Waals surface area contributed by atoms with Crippen molar-refractivity contribution in [2.24, 2.45) is 15.7 Å². The summed E-state index contributed by atoms with van der Waals surface area (Å²) >= 11 is 0. The van der Waals surface area contributed by atoms with Crippen LogP contribution in [-0.2, 0) is 11.2 Å². The van der Waals surface area contributed by atoms with E-state index in [2.05, 4.69) is 4.99 Å². The molecule has 0 saturated heterocycles. The third kappa shape index (κ3) is 6.88. The van der Waals surface area contributed by atoms with E-state index in [1.54, 1.807) is 21.3 Å². The van der Waals surface area contributed by atoms with Gasteiger partial charge in [0.25, 0.3) is 0 Å². The molecule has 0 amide bonds. The summed E-state index contributed by atoms with van der Waals surface area (Å²) in [5.74, 6) is 0.938. The lowest BCUT2D eigenvalue weighted by molar-refractivity contribution is -0.0893. The summed E-state index contributed by atoms with van der Waals surface area (Å²) in [6.07, 6.45) is 0. The number of nitrogens with two attached hydrogens (primary N) is 1. The largest absolute Gasteiger partial charge is 0.427 e. The fourth-order valence-corrected chi connectivity index (χ4v) is 2.84. The fourth-order valence-electron chi connectivity index (χ4n) is 2.84. The van der Waals surface area contributed by atoms with Crippen LogP contribution >= 0.6 is 0 Å². The average molecular weight is 440 g/mol. The summed E-state index contributed by atoms with van der Waals surface area (Å²) < 4.78 is 5.92. The molecule has 0 bridgehead atoms. The van der Waals surface area contributed by atoms with Crippen molar-refractivity contribution < 1.29 is 9.76 Å². The minimum Gasteiger partial charge on any atom is -0.427 e. The van der Waals surface area contributed by atoms with Crippen molar-refractivity contribution in [3.63, 3.8) is 0 Å². The van der Waals surface area contributed by atoms with Gasteiger partial charge in [0.1, 0.15) is 5.84 Å². The molecule has 169 valence electrons. The van der Waals surface area contributed by atoms with Crippen molar-refractivity contribution in [3.05, 3.63) is 102 Å². The molecule has 0 aliphatic heterocycles. The SMILES string of the molecule is CC(C)(O)C(C)(C)O[B]c1cccc(C(N=C(N)c2ccccc2)=NCc2ccccc2)c1. The Balaban J connectivity index is 1.91. The number of aliphatic hydroxyl groups is 1. The molecule has 3 aromatic rings. The second-order valence-corrected chi connectivity index (χ2v) is 8.92. The van der Waals surface area contributed by atoms with Gasteiger partial charge in [0.15, 0.2) is 5.84 Å². The van der Waals surface area contributed by atoms with Gasteiger partial charge in [-0.05, 0) is 33.3 Å². The van der Waals surface area contributed by atoms with E-state index in [1.807, 2.05) is 98.8 Å². The standard InChI is InChI=1S/C27H31BN3O2/c1-26(2,32)27(3,4)33-28-23-17-11-16-22(18-23)25(30-19-20-12-7-5-8-13-20)31-24(29)21-14-9-6-10-15-21/h5-18,32H,19H2,1-4H3,(H2,29,30,31). The van der Waals surface area contributed by atoms with Crippen LogP contribution in [-0.4, -0.2) is 35.5 Å². The first kappa shape index (κ1) is 24.4. The second kappa shape index (κ2) is 10.6. The Morgan fingerprint density at radius 2 is 1.48 bits per heavy atom. The summed E-state index contributed by atoms with van der Waals surface area (Å²) in [4.78, 5) is 9.44. The van der Waals surface area contributed by atoms with E-state index in [-0.39, 0.29) is 0 Å². The van der Waals surface area contributed by atoms with Crippen LogP contribution in [0.3, 0.4) is 0 Å². The number of amidine groups is 2. The summed E-state index contributed by atoms with van der Waals surface area (Å²) in [6, 6.07) is 27.4. The van der Waals surface area contributed by atoms with E-state index < -0.39 is 11.2 Å². The van der Waals surface area contributed by atoms with Gasteiger partial charge in [0.05, 0.1) is 17.7 Å². The van der Waals surface area contributed by atoms with Gasteiger partial charge in [-0.1, -0.05) is 90.4 Å². The highest BCUT2D eigenvalue weighted by molar-refractivity contribution is 6.47. The molecule has 0 heterocycles. The Morgan fingerprint density at radius 1 is 0.879 bits per heavy atom. The van der Waals surface area contributed by atoms with Crippen molar-refractivity contribution in [3.8, 4) is 0 Å². The topological polar surface area (TPSA) is 80.2 Å². The van der Waals surface area contributed by atoms with Crippen LogP contribution in [0.2, 0.25) is 0 Å². The lowest BCUT2D eigenvalue weighted by atomic mass is 9.82. The monoisotopic (exact) mass is 440 g/mol. The van der Waals surface area contributed by atoms with Crippen molar-refractivity contribution >= 4 is 24.6 Å². The quantitative estimate of drug-likeness (QED) is 0.317. The maximum Gasteiger partial charge on any atom is 0.330 e. The Morgan fingerprint density at radius 3 is 2.12 bits per heavy atom. The number of hydrogen-bond donors (Lipinski definition) is 2. The van der Waals surface area contributed by atoms with E-state index in [4.69, 9.17) is 15.4 Å². The van der Waals surface area contributed by atoms with Crippen LogP contribution in [0.15, 0.2) is 94.9 Å². The summed E-state index contributed by atoms with van der Waals surface area (Å²) in [7, 11) is 1.65. The lowest BCUT2D eigenvalue weighted by Gasteiger charge is -2.37. The van der Waals surface area contributed by atoms with Gasteiger partial charge in [-0.3, -0.25) is 4.99 Å². The molecule has 0 aliphatic rings. The maximum atomic E-state index is 10.4. The minimum absolute atomic E-state index is 0.399. The van der Waals surface area contributed by atoms with E-state index in [1.165, 1.54) is 0 Å². The van der Waals surface area contributed by atoms with Crippen LogP contribution in [0.1, 0.15) is 44.4 Å². The van der Waals surface area contributed by atoms with Crippen LogP contribution in [0, 0.1) is 0 Å². The van der Waals surface area contributed by atoms with Gasteiger partial charge < -0.3 is 15.5 Å². The third-order valence-electron chi connectivity index (χ3n) is 5.66. The molecular weight excluding hydrogens is 409 g/mol. The minimum atomic E-state index is -1.00. The molecule has 3 aromatic carbocycles. The van der Waals surface area contributed by atoms with Crippen LogP contribution in [0.25, 0.3) is 0 Å². The molecule has 0 aliphatic carbocycles. The fraction of sp³-hybridized carbons (Fsp3) is 0.259. The maximum absolute atomic E-state index is 10.4. The van der Waals surface area contributed by atoms with Crippen molar-refractivity contribution in [2.45, 2.75) is 45.4 Å². The van der Waals surface area contributed by atoms with Gasteiger partial charge in [0, 0.05) is 11.1 Å². The molecule has 6 heteroatoms. The first-order valence-corrected chi connectivity index (χ1v) is 11.0. The summed E-state index contributed by atoms with van der Waals surface area (Å²) in [6.45, 7) is 7.65. The van der Waals surface area contributed by atoms with Gasteiger partial charge in [-0.2, -0.15) is 0 Å². The number of nitrogens with zero attached hydrogens (tertiary/aromatic N) is 2. The Labute approximate surface area is 197 Å². The molecule has 5 nitrogen and oxygen atoms in total. The van der Waals surface area contributed by atoms with Gasteiger partial charge >= 0.3 is 7.48 Å². The number of rotatable bonds is 8. The highest BCUT2D eigenvalue weighted by Gasteiger charge is 2.35. The van der Waals surface area contributed by atoms with Gasteiger partial charge in [-0.15, -0.1) is 0 Å². The molecule has 1 radical (unpaired) electrons. The zero-order valence-electron chi connectivity index (χ0n) is 19.7. The van der Waals surface area contributed by atoms with Gasteiger partial charge in [-0.25, -0.2) is 4.99 Å². The lowest BCUT2D eigenvalue weighted by Crippen LogP contribution is -2.49. The molecule has 0 spiro atoms. The molecule has 0 saturated carbocycles. The number of hydrogen-bond acceptors (Lipinski definition) is 3. The summed E-state index contributed by atoms with van der Waals surface area (Å²) in [5, 5.41) is 10.4. The van der Waals surface area contributed by atoms with E-state index in [0.717, 1.165) is 22.2 Å². The average Bonchev–Trinajstić information content (AvgIpc) is 2.81. The Hall–Kier alpha value is -3.22. The van der Waals surface area contributed by atoms with Gasteiger partial charge in [0.2, 0.25) is 0 Å². The molecule has 33 heavy (non-hydrogen) atoms. The Bertz CT molecular complexity index is 1100. The smallest absolute Gasteiger partial charge is 0.330 e. The van der Waals surface area contributed by atoms with Crippen molar-refractivity contribution in [2.75, 3.05) is 0 Å². The van der Waals surface area contributed by atoms with E-state index in [0.29, 0.717) is 18.2 Å². The highest BCUT2D eigenvalue weighted by Crippen LogP contribution is 2.24. The normalized spacial score (nSPS) is 13.1. The molecule has 0 aromatic heterocycles. The molecule has 0 unspecified atom stereocenters. The van der Waals surface area contributed by atoms with Crippen LogP contribution in [0.5, 0.6) is 0 Å². The zero-order valence-corrected chi connectivity index (χ0v) is 19.7. The van der Waals surface area contributed by atoms with Crippen LogP contribution < -0.4 is 11.2 Å². The molecule has 0 atom stereocenters. The van der Waals surface area contributed by atoms with E-state index in [9.17, 15) is 5.11 Å². The molecular formula is C27H31BN3O2. The first-order chi connectivity index (χ1) is 15.7. The second-order valence-electron chi connectivity index (χ2n) is 8.92. The highest BCUT2D eigenvalue weighted by atomic mass is 16.5. The number of benzene rings is 3. The van der Waals surface area contributed by atoms with Crippen molar-refractivity contribution in [1.29, 1.82) is 0 Å². The molecule has 0 fully saturated rings. The molecule has 3 N–H and O–H groups in total. The first-order valence-electron chi connectivity index (χ1n) is 11.0. The van der Waals surface area contributed by atoms with Crippen LogP contribution in [0.4, 0.5) is 0 Å². The number of aliphatic imine (C=N–C) groups is 2. The molecule has 3 rings (SSSR count). The van der Waals surface area contributed by atoms with E-state index >= 15 is 0 Å². The zero-order chi connectivity index (χ0) is 23.9. The third-order valence-corrected chi connectivity index (χ3v) is 5.66.